The molecule has 30 heavy (non-hydrogen) atoms. The van der Waals surface area contributed by atoms with Gasteiger partial charge >= 0.3 is 17.7 Å². The second kappa shape index (κ2) is 7.81. The minimum absolute atomic E-state index is 0.131. The Morgan fingerprint density at radius 3 is 2.37 bits per heavy atom. The highest BCUT2D eigenvalue weighted by Gasteiger charge is 2.25. The summed E-state index contributed by atoms with van der Waals surface area (Å²) in [5.41, 5.74) is -0.528. The van der Waals surface area contributed by atoms with E-state index < -0.39 is 23.5 Å². The maximum atomic E-state index is 13.7. The summed E-state index contributed by atoms with van der Waals surface area (Å²) in [6.45, 7) is -1.97. The van der Waals surface area contributed by atoms with Crippen LogP contribution in [0.4, 0.5) is 19.1 Å². The van der Waals surface area contributed by atoms with Crippen molar-refractivity contribution in [3.8, 4) is 5.75 Å². The molecule has 0 unspecified atom stereocenters. The summed E-state index contributed by atoms with van der Waals surface area (Å²) in [5, 5.41) is 0. The summed E-state index contributed by atoms with van der Waals surface area (Å²) in [6, 6.07) is 3.74. The minimum atomic E-state index is -2.95. The van der Waals surface area contributed by atoms with Gasteiger partial charge in [0.2, 0.25) is 5.95 Å². The standard InChI is InChI=1S/C19H18F3N5O3/c1-25-15-8-11(20)2-3-14(15)27(17(29)16(25)28)12-4-6-26(7-5-12)19-23-9-13(10-24-19)30-18(21)22/h2-3,8-10,12,18H,4-7H2,1H3. The number of rotatable bonds is 4. The molecule has 8 nitrogen and oxygen atoms in total. The number of nitrogens with zero attached hydrogens (tertiary/aromatic N) is 5. The average Bonchev–Trinajstić information content (AvgIpc) is 2.73. The molecule has 1 saturated heterocycles. The molecule has 1 fully saturated rings. The molecule has 1 aliphatic rings. The van der Waals surface area contributed by atoms with E-state index >= 15 is 0 Å². The molecule has 0 saturated carbocycles. The number of hydrogen-bond donors (Lipinski definition) is 0. The summed E-state index contributed by atoms with van der Waals surface area (Å²) in [6.07, 6.45) is 3.40. The summed E-state index contributed by atoms with van der Waals surface area (Å²) in [7, 11) is 1.44. The van der Waals surface area contributed by atoms with Crippen molar-refractivity contribution in [3.05, 3.63) is 57.1 Å². The van der Waals surface area contributed by atoms with Gasteiger partial charge in [0.25, 0.3) is 0 Å². The van der Waals surface area contributed by atoms with Gasteiger partial charge < -0.3 is 14.2 Å². The predicted molar refractivity (Wildman–Crippen MR) is 103 cm³/mol. The first-order valence-corrected chi connectivity index (χ1v) is 9.27. The first kappa shape index (κ1) is 19.9. The second-order valence-electron chi connectivity index (χ2n) is 6.99. The molecule has 3 aromatic rings. The van der Waals surface area contributed by atoms with Gasteiger partial charge in [-0.1, -0.05) is 0 Å². The van der Waals surface area contributed by atoms with Gasteiger partial charge in [-0.2, -0.15) is 8.78 Å². The number of hydrogen-bond acceptors (Lipinski definition) is 6. The highest BCUT2D eigenvalue weighted by Crippen LogP contribution is 2.27. The van der Waals surface area contributed by atoms with Crippen molar-refractivity contribution < 1.29 is 17.9 Å². The molecule has 3 heterocycles. The fourth-order valence-electron chi connectivity index (χ4n) is 3.76. The Labute approximate surface area is 168 Å². The van der Waals surface area contributed by atoms with Gasteiger partial charge in [0, 0.05) is 26.2 Å². The Hall–Kier alpha value is -3.37. The zero-order valence-electron chi connectivity index (χ0n) is 16.0. The molecule has 0 amide bonds. The van der Waals surface area contributed by atoms with Crippen molar-refractivity contribution in [1.82, 2.24) is 19.1 Å². The number of fused-ring (bicyclic) bond motifs is 1. The van der Waals surface area contributed by atoms with Gasteiger partial charge in [-0.3, -0.25) is 14.2 Å². The van der Waals surface area contributed by atoms with Crippen LogP contribution in [0.15, 0.2) is 40.2 Å². The number of alkyl halides is 2. The van der Waals surface area contributed by atoms with E-state index in [0.29, 0.717) is 42.9 Å². The third-order valence-corrected chi connectivity index (χ3v) is 5.22. The van der Waals surface area contributed by atoms with Gasteiger partial charge in [-0.15, -0.1) is 0 Å². The molecule has 4 rings (SSSR count). The van der Waals surface area contributed by atoms with Crippen molar-refractivity contribution in [1.29, 1.82) is 0 Å². The van der Waals surface area contributed by atoms with E-state index in [0.717, 1.165) is 4.57 Å². The van der Waals surface area contributed by atoms with E-state index in [1.807, 2.05) is 4.90 Å². The van der Waals surface area contributed by atoms with Crippen LogP contribution in [-0.2, 0) is 7.05 Å². The van der Waals surface area contributed by atoms with Gasteiger partial charge in [0.05, 0.1) is 23.4 Å². The summed E-state index contributed by atoms with van der Waals surface area (Å²) < 4.78 is 45.0. The van der Waals surface area contributed by atoms with E-state index in [1.54, 1.807) is 0 Å². The number of anilines is 1. The van der Waals surface area contributed by atoms with E-state index in [-0.39, 0.29) is 11.8 Å². The molecule has 158 valence electrons. The Morgan fingerprint density at radius 1 is 1.07 bits per heavy atom. The number of aryl methyl sites for hydroxylation is 1. The van der Waals surface area contributed by atoms with Crippen LogP contribution in [-0.4, -0.2) is 38.8 Å². The second-order valence-corrected chi connectivity index (χ2v) is 6.99. The number of ether oxygens (including phenoxy) is 1. The van der Waals surface area contributed by atoms with Crippen LogP contribution in [0.25, 0.3) is 11.0 Å². The highest BCUT2D eigenvalue weighted by molar-refractivity contribution is 5.75. The largest absolute Gasteiger partial charge is 0.432 e. The maximum Gasteiger partial charge on any atom is 0.387 e. The van der Waals surface area contributed by atoms with Crippen LogP contribution in [0.5, 0.6) is 5.75 Å². The zero-order valence-corrected chi connectivity index (χ0v) is 16.0. The van der Waals surface area contributed by atoms with Crippen LogP contribution in [0.2, 0.25) is 0 Å². The third kappa shape index (κ3) is 3.62. The van der Waals surface area contributed by atoms with Gasteiger partial charge in [-0.05, 0) is 31.0 Å². The Bertz CT molecular complexity index is 1180. The van der Waals surface area contributed by atoms with Crippen LogP contribution >= 0.6 is 0 Å². The molecular weight excluding hydrogens is 403 g/mol. The quantitative estimate of drug-likeness (QED) is 0.600. The molecule has 0 spiro atoms. The summed E-state index contributed by atoms with van der Waals surface area (Å²) >= 11 is 0. The Balaban J connectivity index is 1.58. The number of aromatic nitrogens is 4. The summed E-state index contributed by atoms with van der Waals surface area (Å²) in [4.78, 5) is 35.0. The number of benzene rings is 1. The topological polar surface area (TPSA) is 82.2 Å². The van der Waals surface area contributed by atoms with Gasteiger partial charge in [-0.25, -0.2) is 14.4 Å². The molecule has 0 aliphatic carbocycles. The lowest BCUT2D eigenvalue weighted by atomic mass is 10.0. The van der Waals surface area contributed by atoms with Crippen LogP contribution in [0, 0.1) is 5.82 Å². The molecular formula is C19H18F3N5O3. The van der Waals surface area contributed by atoms with E-state index in [1.165, 1.54) is 42.2 Å². The fourth-order valence-corrected chi connectivity index (χ4v) is 3.76. The minimum Gasteiger partial charge on any atom is -0.432 e. The van der Waals surface area contributed by atoms with Crippen molar-refractivity contribution in [3.63, 3.8) is 0 Å². The van der Waals surface area contributed by atoms with E-state index in [2.05, 4.69) is 14.7 Å². The maximum absolute atomic E-state index is 13.7. The molecule has 0 radical (unpaired) electrons. The number of halogens is 3. The lowest BCUT2D eigenvalue weighted by Crippen LogP contribution is -2.45. The summed E-state index contributed by atoms with van der Waals surface area (Å²) in [5.74, 6) is -0.263. The molecule has 0 bridgehead atoms. The first-order chi connectivity index (χ1) is 14.3. The fraction of sp³-hybridized carbons (Fsp3) is 0.368. The molecule has 11 heteroatoms. The predicted octanol–water partition coefficient (Wildman–Crippen LogP) is 2.07. The lowest BCUT2D eigenvalue weighted by Gasteiger charge is -2.33. The van der Waals surface area contributed by atoms with Crippen molar-refractivity contribution in [2.24, 2.45) is 7.05 Å². The SMILES string of the molecule is Cn1c(=O)c(=O)n(C2CCN(c3ncc(OC(F)F)cn3)CC2)c2ccc(F)cc21. The molecule has 1 aliphatic heterocycles. The van der Waals surface area contributed by atoms with Crippen LogP contribution in [0.3, 0.4) is 0 Å². The van der Waals surface area contributed by atoms with E-state index in [9.17, 15) is 22.8 Å². The van der Waals surface area contributed by atoms with Gasteiger partial charge in [0.1, 0.15) is 5.82 Å². The van der Waals surface area contributed by atoms with E-state index in [4.69, 9.17) is 0 Å². The van der Waals surface area contributed by atoms with Crippen molar-refractivity contribution in [2.45, 2.75) is 25.5 Å². The molecule has 0 N–H and O–H groups in total. The normalized spacial score (nSPS) is 15.2. The third-order valence-electron chi connectivity index (χ3n) is 5.22. The molecule has 2 aromatic heterocycles. The molecule has 1 aromatic carbocycles. The lowest BCUT2D eigenvalue weighted by molar-refractivity contribution is -0.0503. The highest BCUT2D eigenvalue weighted by atomic mass is 19.3. The van der Waals surface area contributed by atoms with Crippen LogP contribution < -0.4 is 20.8 Å². The first-order valence-electron chi connectivity index (χ1n) is 9.27. The monoisotopic (exact) mass is 421 g/mol. The average molecular weight is 421 g/mol. The van der Waals surface area contributed by atoms with Crippen LogP contribution in [0.1, 0.15) is 18.9 Å². The smallest absolute Gasteiger partial charge is 0.387 e. The van der Waals surface area contributed by atoms with Crippen molar-refractivity contribution in [2.75, 3.05) is 18.0 Å². The number of piperidine rings is 1. The van der Waals surface area contributed by atoms with Gasteiger partial charge in [0.15, 0.2) is 5.75 Å². The van der Waals surface area contributed by atoms with Crippen molar-refractivity contribution >= 4 is 17.0 Å². The zero-order chi connectivity index (χ0) is 21.4. The Kier molecular flexibility index (Phi) is 5.18. The molecule has 0 atom stereocenters. The Morgan fingerprint density at radius 2 is 1.73 bits per heavy atom.